The summed E-state index contributed by atoms with van der Waals surface area (Å²) in [5.74, 6) is 1.21. The minimum Gasteiger partial charge on any atom is -0.353 e. The van der Waals surface area contributed by atoms with Crippen LogP contribution >= 0.6 is 0 Å². The number of nitriles is 1. The molecule has 0 bridgehead atoms. The van der Waals surface area contributed by atoms with Gasteiger partial charge in [0.25, 0.3) is 0 Å². The van der Waals surface area contributed by atoms with E-state index in [0.717, 1.165) is 30.5 Å². The fraction of sp³-hybridized carbons (Fsp3) is 0.280. The number of halogens is 3. The first-order chi connectivity index (χ1) is 16.8. The fourth-order valence-corrected chi connectivity index (χ4v) is 4.16. The first-order valence-corrected chi connectivity index (χ1v) is 11.1. The normalized spacial score (nSPS) is 17.5. The van der Waals surface area contributed by atoms with Gasteiger partial charge in [-0.25, -0.2) is 9.53 Å². The van der Waals surface area contributed by atoms with Crippen LogP contribution in [0.3, 0.4) is 0 Å². The first-order valence-electron chi connectivity index (χ1n) is 11.1. The Kier molecular flexibility index (Phi) is 5.45. The number of nitrogens with one attached hydrogen (secondary N) is 1. The molecule has 0 saturated heterocycles. The topological polar surface area (TPSA) is 74.1 Å². The summed E-state index contributed by atoms with van der Waals surface area (Å²) in [6, 6.07) is 13.2. The summed E-state index contributed by atoms with van der Waals surface area (Å²) in [7, 11) is 0. The molecular formula is C25H20F3N7. The fourth-order valence-electron chi connectivity index (χ4n) is 4.16. The second-order valence-corrected chi connectivity index (χ2v) is 8.61. The van der Waals surface area contributed by atoms with Gasteiger partial charge in [-0.2, -0.15) is 23.4 Å². The van der Waals surface area contributed by atoms with Crippen LogP contribution in [0.1, 0.15) is 42.5 Å². The predicted molar refractivity (Wildman–Crippen MR) is 123 cm³/mol. The summed E-state index contributed by atoms with van der Waals surface area (Å²) in [4.78, 5) is 9.92. The van der Waals surface area contributed by atoms with E-state index in [0.29, 0.717) is 41.3 Å². The molecule has 35 heavy (non-hydrogen) atoms. The molecule has 1 atom stereocenters. The van der Waals surface area contributed by atoms with Crippen molar-refractivity contribution in [3.63, 3.8) is 0 Å². The van der Waals surface area contributed by atoms with Gasteiger partial charge in [-0.1, -0.05) is 18.2 Å². The highest BCUT2D eigenvalue weighted by Crippen LogP contribution is 2.44. The van der Waals surface area contributed by atoms with Gasteiger partial charge in [0.15, 0.2) is 0 Å². The van der Waals surface area contributed by atoms with Gasteiger partial charge in [-0.15, -0.1) is 5.10 Å². The maximum atomic E-state index is 13.5. The number of fused-ring (bicyclic) bond motifs is 1. The summed E-state index contributed by atoms with van der Waals surface area (Å²) in [5, 5.41) is 17.0. The third-order valence-corrected chi connectivity index (χ3v) is 6.18. The van der Waals surface area contributed by atoms with Crippen LogP contribution in [0.2, 0.25) is 0 Å². The highest BCUT2D eigenvalue weighted by molar-refractivity contribution is 5.68. The molecule has 0 spiro atoms. The van der Waals surface area contributed by atoms with Crippen LogP contribution in [0.15, 0.2) is 59.9 Å². The third kappa shape index (κ3) is 4.19. The van der Waals surface area contributed by atoms with Gasteiger partial charge in [-0.05, 0) is 61.6 Å². The summed E-state index contributed by atoms with van der Waals surface area (Å²) >= 11 is 0. The number of allylic oxidation sites excluding steroid dienone is 2. The Morgan fingerprint density at radius 3 is 2.57 bits per heavy atom. The van der Waals surface area contributed by atoms with Crippen molar-refractivity contribution in [2.75, 3.05) is 16.8 Å². The van der Waals surface area contributed by atoms with Crippen molar-refractivity contribution in [1.29, 1.82) is 5.26 Å². The van der Waals surface area contributed by atoms with Crippen LogP contribution in [0.4, 0.5) is 30.8 Å². The average Bonchev–Trinajstić information content (AvgIpc) is 3.59. The summed E-state index contributed by atoms with van der Waals surface area (Å²) in [6.45, 7) is 10.3. The van der Waals surface area contributed by atoms with Crippen LogP contribution in [0.25, 0.3) is 4.85 Å². The van der Waals surface area contributed by atoms with E-state index in [1.165, 1.54) is 11.0 Å². The van der Waals surface area contributed by atoms with Crippen LogP contribution in [-0.4, -0.2) is 21.3 Å². The number of nitrogens with zero attached hydrogens (tertiary/aromatic N) is 6. The molecule has 0 radical (unpaired) electrons. The van der Waals surface area contributed by atoms with E-state index in [-0.39, 0.29) is 5.69 Å². The molecule has 1 saturated carbocycles. The molecule has 1 N–H and O–H groups in total. The monoisotopic (exact) mass is 475 g/mol. The van der Waals surface area contributed by atoms with Crippen molar-refractivity contribution in [1.82, 2.24) is 14.8 Å². The van der Waals surface area contributed by atoms with E-state index < -0.39 is 17.8 Å². The Hall–Kier alpha value is -4.31. The molecule has 0 amide bonds. The molecule has 0 unspecified atom stereocenters. The maximum Gasteiger partial charge on any atom is 0.416 e. The second-order valence-electron chi connectivity index (χ2n) is 8.61. The van der Waals surface area contributed by atoms with Gasteiger partial charge in [0.05, 0.1) is 23.8 Å². The smallest absolute Gasteiger partial charge is 0.353 e. The van der Waals surface area contributed by atoms with Crippen molar-refractivity contribution >= 4 is 17.6 Å². The lowest BCUT2D eigenvalue weighted by Gasteiger charge is -2.34. The summed E-state index contributed by atoms with van der Waals surface area (Å²) < 4.78 is 41.9. The Labute approximate surface area is 199 Å². The number of benzene rings is 2. The van der Waals surface area contributed by atoms with E-state index in [1.807, 2.05) is 0 Å². The van der Waals surface area contributed by atoms with Gasteiger partial charge in [0, 0.05) is 17.9 Å². The van der Waals surface area contributed by atoms with E-state index >= 15 is 0 Å². The van der Waals surface area contributed by atoms with Gasteiger partial charge in [0.2, 0.25) is 17.6 Å². The van der Waals surface area contributed by atoms with E-state index in [4.69, 9.17) is 11.8 Å². The van der Waals surface area contributed by atoms with Crippen molar-refractivity contribution in [3.05, 3.63) is 88.0 Å². The SMILES string of the molecule is [C-]#[N+]C1=C(C)N(c2cccc(C(F)(F)F)c2)c2nc(NCC3CC3)nn2[C@@H]1c1ccc(C#N)cc1. The minimum absolute atomic E-state index is 0.235. The molecule has 7 nitrogen and oxygen atoms in total. The molecule has 1 aromatic heterocycles. The largest absolute Gasteiger partial charge is 0.416 e. The number of hydrogen-bond acceptors (Lipinski definition) is 5. The van der Waals surface area contributed by atoms with Gasteiger partial charge >= 0.3 is 6.18 Å². The highest BCUT2D eigenvalue weighted by atomic mass is 19.4. The molecular weight excluding hydrogens is 455 g/mol. The zero-order valence-corrected chi connectivity index (χ0v) is 18.7. The van der Waals surface area contributed by atoms with Gasteiger partial charge in [-0.3, -0.25) is 4.90 Å². The van der Waals surface area contributed by atoms with E-state index in [1.54, 1.807) is 41.9 Å². The predicted octanol–water partition coefficient (Wildman–Crippen LogP) is 5.88. The molecule has 3 aromatic rings. The molecule has 2 aromatic carbocycles. The maximum absolute atomic E-state index is 13.5. The van der Waals surface area contributed by atoms with Crippen molar-refractivity contribution in [2.24, 2.45) is 5.92 Å². The number of aromatic nitrogens is 3. The van der Waals surface area contributed by atoms with Crippen molar-refractivity contribution in [3.8, 4) is 6.07 Å². The van der Waals surface area contributed by atoms with Crippen molar-refractivity contribution < 1.29 is 13.2 Å². The molecule has 1 aliphatic heterocycles. The Morgan fingerprint density at radius 1 is 1.20 bits per heavy atom. The molecule has 10 heteroatoms. The summed E-state index contributed by atoms with van der Waals surface area (Å²) in [6.07, 6.45) is -2.25. The van der Waals surface area contributed by atoms with Gasteiger partial charge in [0.1, 0.15) is 6.04 Å². The zero-order valence-electron chi connectivity index (χ0n) is 18.7. The number of hydrogen-bond donors (Lipinski definition) is 1. The number of anilines is 3. The lowest BCUT2D eigenvalue weighted by atomic mass is 9.99. The van der Waals surface area contributed by atoms with Crippen LogP contribution in [0, 0.1) is 23.8 Å². The average molecular weight is 475 g/mol. The molecule has 176 valence electrons. The van der Waals surface area contributed by atoms with Gasteiger partial charge < -0.3 is 5.32 Å². The van der Waals surface area contributed by atoms with E-state index in [9.17, 15) is 13.2 Å². The van der Waals surface area contributed by atoms with Crippen LogP contribution in [0.5, 0.6) is 0 Å². The van der Waals surface area contributed by atoms with Crippen LogP contribution in [-0.2, 0) is 6.18 Å². The molecule has 1 fully saturated rings. The third-order valence-electron chi connectivity index (χ3n) is 6.18. The number of rotatable bonds is 5. The van der Waals surface area contributed by atoms with Crippen LogP contribution < -0.4 is 10.2 Å². The van der Waals surface area contributed by atoms with Crippen molar-refractivity contribution in [2.45, 2.75) is 32.0 Å². The minimum atomic E-state index is -4.51. The Bertz CT molecular complexity index is 1390. The highest BCUT2D eigenvalue weighted by Gasteiger charge is 2.38. The summed E-state index contributed by atoms with van der Waals surface area (Å²) in [5.41, 5.74) is 1.41. The van der Waals surface area contributed by atoms with E-state index in [2.05, 4.69) is 26.3 Å². The molecule has 2 heterocycles. The lowest BCUT2D eigenvalue weighted by Crippen LogP contribution is -2.30. The zero-order chi connectivity index (χ0) is 24.7. The Balaban J connectivity index is 1.66. The lowest BCUT2D eigenvalue weighted by molar-refractivity contribution is -0.137. The quantitative estimate of drug-likeness (QED) is 0.467. The second kappa shape index (κ2) is 8.48. The molecule has 2 aliphatic rings. The molecule has 5 rings (SSSR count). The standard InChI is InChI=1S/C25H20F3N7/c1-15-21(30-2)22(18-10-8-16(13-29)9-11-18)35-24(32-23(33-35)31-14-17-6-7-17)34(15)20-5-3-4-19(12-20)25(26,27)28/h3-5,8-12,17,22H,6-7,14H2,1H3,(H,31,33)/t22-/m1/s1. The first kappa shape index (κ1) is 22.5. The number of alkyl halides is 3. The Morgan fingerprint density at radius 2 is 1.94 bits per heavy atom. The molecule has 1 aliphatic carbocycles.